The fourth-order valence-electron chi connectivity index (χ4n) is 4.79. The van der Waals surface area contributed by atoms with E-state index in [0.29, 0.717) is 33.9 Å². The van der Waals surface area contributed by atoms with E-state index >= 15 is 4.39 Å². The molecule has 42 heavy (non-hydrogen) atoms. The lowest BCUT2D eigenvalue weighted by Crippen LogP contribution is -2.26. The first-order chi connectivity index (χ1) is 20.1. The van der Waals surface area contributed by atoms with Crippen molar-refractivity contribution in [3.8, 4) is 28.5 Å². The zero-order valence-electron chi connectivity index (χ0n) is 23.6. The Morgan fingerprint density at radius 3 is 2.38 bits per heavy atom. The number of rotatable bonds is 7. The van der Waals surface area contributed by atoms with E-state index in [1.54, 1.807) is 26.1 Å². The molecular weight excluding hydrogens is 542 g/mol. The first-order valence-corrected chi connectivity index (χ1v) is 13.2. The molecular formula is C32H28F2N4O4. The Morgan fingerprint density at radius 2 is 1.71 bits per heavy atom. The molecule has 2 N–H and O–H groups in total. The van der Waals surface area contributed by atoms with Gasteiger partial charge in [0, 0.05) is 46.5 Å². The summed E-state index contributed by atoms with van der Waals surface area (Å²) in [5.74, 6) is -1.15. The molecule has 0 aliphatic carbocycles. The number of hydrogen-bond donors (Lipinski definition) is 2. The summed E-state index contributed by atoms with van der Waals surface area (Å²) in [4.78, 5) is 38.5. The van der Waals surface area contributed by atoms with Crippen LogP contribution in [0.5, 0.6) is 17.4 Å². The summed E-state index contributed by atoms with van der Waals surface area (Å²) < 4.78 is 39.9. The molecule has 0 saturated heterocycles. The number of aromatic amines is 1. The van der Waals surface area contributed by atoms with E-state index in [1.807, 2.05) is 19.9 Å². The number of nitrogens with one attached hydrogen (secondary N) is 2. The molecule has 1 amide bonds. The van der Waals surface area contributed by atoms with Gasteiger partial charge in [-0.3, -0.25) is 14.6 Å². The Bertz CT molecular complexity index is 1890. The van der Waals surface area contributed by atoms with E-state index in [4.69, 9.17) is 9.47 Å². The topological polar surface area (TPSA) is 106 Å². The van der Waals surface area contributed by atoms with Crippen LogP contribution in [0.4, 0.5) is 14.5 Å². The Hall–Kier alpha value is -5.12. The van der Waals surface area contributed by atoms with Crippen LogP contribution in [0.2, 0.25) is 0 Å². The molecule has 5 rings (SSSR count). The molecule has 0 atom stereocenters. The van der Waals surface area contributed by atoms with E-state index < -0.39 is 23.0 Å². The van der Waals surface area contributed by atoms with Gasteiger partial charge in [-0.15, -0.1) is 0 Å². The van der Waals surface area contributed by atoms with Gasteiger partial charge in [0.15, 0.2) is 17.3 Å². The van der Waals surface area contributed by atoms with Crippen LogP contribution in [0.25, 0.3) is 22.2 Å². The predicted molar refractivity (Wildman–Crippen MR) is 157 cm³/mol. The van der Waals surface area contributed by atoms with Gasteiger partial charge in [0.1, 0.15) is 16.9 Å². The van der Waals surface area contributed by atoms with Crippen LogP contribution in [0, 0.1) is 25.5 Å². The number of aryl methyl sites for hydroxylation is 2. The second kappa shape index (κ2) is 11.4. The van der Waals surface area contributed by atoms with E-state index in [0.717, 1.165) is 11.6 Å². The third-order valence-corrected chi connectivity index (χ3v) is 6.83. The average molecular weight is 571 g/mol. The molecule has 0 unspecified atom stereocenters. The Morgan fingerprint density at radius 1 is 0.976 bits per heavy atom. The fourth-order valence-corrected chi connectivity index (χ4v) is 4.79. The Balaban J connectivity index is 1.42. The number of benzene rings is 2. The number of amides is 1. The molecule has 0 radical (unpaired) electrons. The zero-order valence-corrected chi connectivity index (χ0v) is 23.6. The van der Waals surface area contributed by atoms with Crippen LogP contribution < -0.4 is 20.2 Å². The van der Waals surface area contributed by atoms with E-state index in [-0.39, 0.29) is 34.2 Å². The van der Waals surface area contributed by atoms with Crippen molar-refractivity contribution in [1.29, 1.82) is 0 Å². The summed E-state index contributed by atoms with van der Waals surface area (Å²) in [5, 5.41) is 2.59. The van der Waals surface area contributed by atoms with Crippen LogP contribution in [0.1, 0.15) is 47.1 Å². The normalized spacial score (nSPS) is 11.1. The van der Waals surface area contributed by atoms with Gasteiger partial charge >= 0.3 is 0 Å². The number of anilines is 1. The third kappa shape index (κ3) is 5.43. The smallest absolute Gasteiger partial charge is 0.261 e. The van der Waals surface area contributed by atoms with Gasteiger partial charge in [0.05, 0.1) is 12.6 Å². The molecule has 0 bridgehead atoms. The molecule has 214 valence electrons. The number of pyridine rings is 3. The van der Waals surface area contributed by atoms with Crippen LogP contribution in [-0.4, -0.2) is 28.0 Å². The summed E-state index contributed by atoms with van der Waals surface area (Å²) in [6, 6.07) is 12.8. The molecule has 0 fully saturated rings. The van der Waals surface area contributed by atoms with E-state index in [2.05, 4.69) is 20.3 Å². The fraction of sp³-hybridized carbons (Fsp3) is 0.188. The minimum atomic E-state index is -0.745. The summed E-state index contributed by atoms with van der Waals surface area (Å²) in [6.45, 7) is 7.33. The summed E-state index contributed by atoms with van der Waals surface area (Å²) in [7, 11) is 1.53. The first kappa shape index (κ1) is 28.4. The number of methoxy groups -OCH3 is 1. The number of ether oxygens (including phenoxy) is 2. The maximum atomic E-state index is 15.2. The molecule has 2 aromatic carbocycles. The number of aromatic nitrogens is 3. The van der Waals surface area contributed by atoms with Crippen LogP contribution in [-0.2, 0) is 0 Å². The van der Waals surface area contributed by atoms with Gasteiger partial charge in [0.25, 0.3) is 5.91 Å². The molecule has 5 aromatic rings. The summed E-state index contributed by atoms with van der Waals surface area (Å²) in [6.07, 6.45) is 1.55. The van der Waals surface area contributed by atoms with Gasteiger partial charge in [-0.2, -0.15) is 0 Å². The number of halogens is 2. The minimum Gasteiger partial charge on any atom is -0.481 e. The molecule has 0 saturated carbocycles. The largest absolute Gasteiger partial charge is 0.481 e. The zero-order chi connectivity index (χ0) is 30.1. The van der Waals surface area contributed by atoms with Crippen molar-refractivity contribution in [3.63, 3.8) is 0 Å². The summed E-state index contributed by atoms with van der Waals surface area (Å²) in [5.41, 5.74) is 2.90. The summed E-state index contributed by atoms with van der Waals surface area (Å²) >= 11 is 0. The van der Waals surface area contributed by atoms with Crippen molar-refractivity contribution in [2.75, 3.05) is 12.4 Å². The van der Waals surface area contributed by atoms with Gasteiger partial charge in [-0.05, 0) is 55.7 Å². The van der Waals surface area contributed by atoms with Crippen molar-refractivity contribution in [1.82, 2.24) is 15.0 Å². The number of carbonyl (C=O) groups excluding carboxylic acids is 1. The van der Waals surface area contributed by atoms with Crippen LogP contribution in [0.3, 0.4) is 0 Å². The van der Waals surface area contributed by atoms with Crippen LogP contribution >= 0.6 is 0 Å². The average Bonchev–Trinajstić information content (AvgIpc) is 2.94. The standard InChI is InChI=1S/C32H28F2N4O4/c1-16(2)22-15-24-29(38-32(22)41-5)26(12-13-35-24)42-25-11-10-21(14-23(25)34)37-31(40)28-18(4)36-17(3)27(30(28)39)19-6-8-20(33)9-7-19/h6-16H,1-5H3,(H,36,39)(H,37,40). The molecule has 3 heterocycles. The number of nitrogens with zero attached hydrogens (tertiary/aromatic N) is 2. The Labute approximate surface area is 240 Å². The quantitative estimate of drug-likeness (QED) is 0.217. The van der Waals surface area contributed by atoms with Crippen molar-refractivity contribution in [3.05, 3.63) is 105 Å². The molecule has 0 aliphatic heterocycles. The lowest BCUT2D eigenvalue weighted by atomic mass is 9.99. The molecule has 10 heteroatoms. The van der Waals surface area contributed by atoms with E-state index in [1.165, 1.54) is 43.5 Å². The minimum absolute atomic E-state index is 0.0999. The SMILES string of the molecule is COc1nc2c(Oc3ccc(NC(=O)c4c(C)[nH]c(C)c(-c5ccc(F)cc5)c4=O)cc3F)ccnc2cc1C(C)C. The van der Waals surface area contributed by atoms with Crippen molar-refractivity contribution >= 4 is 22.6 Å². The third-order valence-electron chi connectivity index (χ3n) is 6.83. The maximum Gasteiger partial charge on any atom is 0.261 e. The van der Waals surface area contributed by atoms with Crippen molar-refractivity contribution in [2.24, 2.45) is 0 Å². The maximum absolute atomic E-state index is 15.2. The highest BCUT2D eigenvalue weighted by molar-refractivity contribution is 6.05. The second-order valence-corrected chi connectivity index (χ2v) is 10.1. The Kier molecular flexibility index (Phi) is 7.71. The van der Waals surface area contributed by atoms with E-state index in [9.17, 15) is 14.0 Å². The lowest BCUT2D eigenvalue weighted by Gasteiger charge is -2.15. The van der Waals surface area contributed by atoms with Gasteiger partial charge < -0.3 is 19.8 Å². The molecule has 3 aromatic heterocycles. The molecule has 0 aliphatic rings. The first-order valence-electron chi connectivity index (χ1n) is 13.2. The van der Waals surface area contributed by atoms with Crippen molar-refractivity contribution in [2.45, 2.75) is 33.6 Å². The molecule has 8 nitrogen and oxygen atoms in total. The number of hydrogen-bond acceptors (Lipinski definition) is 6. The highest BCUT2D eigenvalue weighted by atomic mass is 19.1. The predicted octanol–water partition coefficient (Wildman–Crippen LogP) is 7.06. The van der Waals surface area contributed by atoms with Gasteiger partial charge in [0.2, 0.25) is 11.3 Å². The number of carbonyl (C=O) groups is 1. The van der Waals surface area contributed by atoms with Crippen LogP contribution in [0.15, 0.2) is 65.6 Å². The molecule has 0 spiro atoms. The lowest BCUT2D eigenvalue weighted by molar-refractivity contribution is 0.102. The monoisotopic (exact) mass is 570 g/mol. The highest BCUT2D eigenvalue weighted by Crippen LogP contribution is 2.34. The highest BCUT2D eigenvalue weighted by Gasteiger charge is 2.21. The number of fused-ring (bicyclic) bond motifs is 1. The van der Waals surface area contributed by atoms with Gasteiger partial charge in [-0.25, -0.2) is 13.8 Å². The second-order valence-electron chi connectivity index (χ2n) is 10.1. The number of H-pyrrole nitrogens is 1. The van der Waals surface area contributed by atoms with Gasteiger partial charge in [-0.1, -0.05) is 26.0 Å². The van der Waals surface area contributed by atoms with Crippen molar-refractivity contribution < 1.29 is 23.0 Å².